The number of aliphatic hydroxyl groups is 1. The molecule has 152 valence electrons. The fourth-order valence-electron chi connectivity index (χ4n) is 4.29. The van der Waals surface area contributed by atoms with Gasteiger partial charge in [-0.3, -0.25) is 9.58 Å². The molecule has 5 rings (SSSR count). The molecule has 0 spiro atoms. The molecule has 1 saturated heterocycles. The van der Waals surface area contributed by atoms with Crippen LogP contribution in [0.5, 0.6) is 0 Å². The Hall–Kier alpha value is -2.78. The van der Waals surface area contributed by atoms with E-state index in [1.807, 2.05) is 30.3 Å². The Morgan fingerprint density at radius 1 is 1.07 bits per heavy atom. The third-order valence-corrected chi connectivity index (χ3v) is 5.67. The predicted molar refractivity (Wildman–Crippen MR) is 108 cm³/mol. The number of fused-ring (bicyclic) bond motifs is 1. The molecule has 2 aliphatic rings. The maximum Gasteiger partial charge on any atom is 0.250 e. The summed E-state index contributed by atoms with van der Waals surface area (Å²) in [4.78, 5) is 4.52. The van der Waals surface area contributed by atoms with Crippen molar-refractivity contribution in [1.29, 1.82) is 0 Å². The number of para-hydroxylation sites is 1. The first-order chi connectivity index (χ1) is 14.3. The van der Waals surface area contributed by atoms with Crippen molar-refractivity contribution in [1.82, 2.24) is 34.9 Å². The van der Waals surface area contributed by atoms with Crippen molar-refractivity contribution in [2.75, 3.05) is 24.5 Å². The van der Waals surface area contributed by atoms with E-state index in [0.29, 0.717) is 0 Å². The molecule has 0 radical (unpaired) electrons. The number of tetrazole rings is 1. The van der Waals surface area contributed by atoms with Gasteiger partial charge in [0.15, 0.2) is 0 Å². The van der Waals surface area contributed by atoms with Crippen molar-refractivity contribution >= 4 is 5.95 Å². The van der Waals surface area contributed by atoms with Gasteiger partial charge in [-0.1, -0.05) is 23.3 Å². The standard InChI is InChI=1S/C20H26N8O/c29-19-8-4-9-25(15-19)13-16-12-18-14-26(10-5-11-27(18)22-16)20-21-23-24-28(20)17-6-2-1-3-7-17/h1-3,6-7,12,19,29H,4-5,8-11,13-15H2/t19-/m1/s1. The molecule has 9 nitrogen and oxygen atoms in total. The molecular weight excluding hydrogens is 368 g/mol. The van der Waals surface area contributed by atoms with E-state index in [9.17, 15) is 5.11 Å². The lowest BCUT2D eigenvalue weighted by Gasteiger charge is -2.29. The average Bonchev–Trinajstić information content (AvgIpc) is 3.31. The van der Waals surface area contributed by atoms with Gasteiger partial charge < -0.3 is 10.0 Å². The van der Waals surface area contributed by atoms with Crippen LogP contribution in [0.2, 0.25) is 0 Å². The van der Waals surface area contributed by atoms with E-state index in [0.717, 1.165) is 75.9 Å². The molecule has 1 fully saturated rings. The molecule has 0 amide bonds. The molecule has 4 heterocycles. The van der Waals surface area contributed by atoms with Gasteiger partial charge in [-0.2, -0.15) is 9.78 Å². The molecule has 2 aliphatic heterocycles. The molecule has 3 aromatic rings. The highest BCUT2D eigenvalue weighted by molar-refractivity contribution is 5.41. The van der Waals surface area contributed by atoms with Crippen LogP contribution in [-0.2, 0) is 19.6 Å². The van der Waals surface area contributed by atoms with E-state index in [2.05, 4.69) is 36.1 Å². The molecule has 1 N–H and O–H groups in total. The largest absolute Gasteiger partial charge is 0.392 e. The number of anilines is 1. The van der Waals surface area contributed by atoms with Crippen LogP contribution in [0.15, 0.2) is 36.4 Å². The van der Waals surface area contributed by atoms with Crippen molar-refractivity contribution in [3.63, 3.8) is 0 Å². The maximum atomic E-state index is 9.92. The fraction of sp³-hybridized carbons (Fsp3) is 0.500. The van der Waals surface area contributed by atoms with Crippen LogP contribution < -0.4 is 4.90 Å². The van der Waals surface area contributed by atoms with Gasteiger partial charge in [0.05, 0.1) is 29.7 Å². The van der Waals surface area contributed by atoms with Crippen molar-refractivity contribution in [3.8, 4) is 5.69 Å². The van der Waals surface area contributed by atoms with Crippen LogP contribution in [-0.4, -0.2) is 65.7 Å². The molecule has 2 aromatic heterocycles. The summed E-state index contributed by atoms with van der Waals surface area (Å²) in [7, 11) is 0. The molecular formula is C20H26N8O. The first-order valence-corrected chi connectivity index (χ1v) is 10.3. The number of aliphatic hydroxyl groups excluding tert-OH is 1. The summed E-state index contributed by atoms with van der Waals surface area (Å²) in [6.45, 7) is 5.05. The summed E-state index contributed by atoms with van der Waals surface area (Å²) in [5.41, 5.74) is 3.20. The van der Waals surface area contributed by atoms with E-state index in [-0.39, 0.29) is 6.10 Å². The Morgan fingerprint density at radius 3 is 2.83 bits per heavy atom. The van der Waals surface area contributed by atoms with E-state index in [1.54, 1.807) is 4.68 Å². The number of benzene rings is 1. The minimum Gasteiger partial charge on any atom is -0.392 e. The highest BCUT2D eigenvalue weighted by atomic mass is 16.3. The van der Waals surface area contributed by atoms with Crippen LogP contribution in [0.4, 0.5) is 5.95 Å². The van der Waals surface area contributed by atoms with E-state index in [4.69, 9.17) is 5.10 Å². The van der Waals surface area contributed by atoms with Crippen molar-refractivity contribution in [2.45, 2.75) is 45.0 Å². The third-order valence-electron chi connectivity index (χ3n) is 5.67. The first kappa shape index (κ1) is 18.3. The lowest BCUT2D eigenvalue weighted by atomic mass is 10.1. The zero-order valence-corrected chi connectivity index (χ0v) is 16.4. The van der Waals surface area contributed by atoms with Gasteiger partial charge in [0.2, 0.25) is 0 Å². The molecule has 0 unspecified atom stereocenters. The minimum atomic E-state index is -0.212. The quantitative estimate of drug-likeness (QED) is 0.712. The van der Waals surface area contributed by atoms with Gasteiger partial charge in [0.25, 0.3) is 5.95 Å². The van der Waals surface area contributed by atoms with Gasteiger partial charge >= 0.3 is 0 Å². The summed E-state index contributed by atoms with van der Waals surface area (Å²) in [5, 5.41) is 27.2. The number of hydrogen-bond acceptors (Lipinski definition) is 7. The molecule has 0 saturated carbocycles. The Bertz CT molecular complexity index is 953. The topological polar surface area (TPSA) is 88.1 Å². The number of likely N-dealkylation sites (tertiary alicyclic amines) is 1. The summed E-state index contributed by atoms with van der Waals surface area (Å²) in [5.74, 6) is 0.756. The second-order valence-corrected chi connectivity index (χ2v) is 7.88. The lowest BCUT2D eigenvalue weighted by Crippen LogP contribution is -2.37. The van der Waals surface area contributed by atoms with E-state index >= 15 is 0 Å². The van der Waals surface area contributed by atoms with Gasteiger partial charge in [0.1, 0.15) is 0 Å². The predicted octanol–water partition coefficient (Wildman–Crippen LogP) is 1.23. The molecule has 0 aliphatic carbocycles. The zero-order valence-electron chi connectivity index (χ0n) is 16.4. The summed E-state index contributed by atoms with van der Waals surface area (Å²) >= 11 is 0. The molecule has 1 aromatic carbocycles. The second-order valence-electron chi connectivity index (χ2n) is 7.88. The Balaban J connectivity index is 1.35. The second kappa shape index (κ2) is 7.92. The van der Waals surface area contributed by atoms with Gasteiger partial charge in [0, 0.05) is 26.2 Å². The Labute approximate surface area is 169 Å². The fourth-order valence-corrected chi connectivity index (χ4v) is 4.29. The summed E-state index contributed by atoms with van der Waals surface area (Å²) in [6.07, 6.45) is 2.72. The van der Waals surface area contributed by atoms with E-state index < -0.39 is 0 Å². The molecule has 0 bridgehead atoms. The normalized spacial score (nSPS) is 20.4. The summed E-state index contributed by atoms with van der Waals surface area (Å²) in [6, 6.07) is 12.2. The number of hydrogen-bond donors (Lipinski definition) is 1. The molecule has 1 atom stereocenters. The number of piperidine rings is 1. The average molecular weight is 394 g/mol. The number of aromatic nitrogens is 6. The number of rotatable bonds is 4. The first-order valence-electron chi connectivity index (χ1n) is 10.3. The van der Waals surface area contributed by atoms with Crippen LogP contribution in [0.1, 0.15) is 30.7 Å². The van der Waals surface area contributed by atoms with Gasteiger partial charge in [-0.15, -0.1) is 0 Å². The third kappa shape index (κ3) is 3.88. The minimum absolute atomic E-state index is 0.212. The Morgan fingerprint density at radius 2 is 1.97 bits per heavy atom. The summed E-state index contributed by atoms with van der Waals surface area (Å²) < 4.78 is 3.91. The number of aryl methyl sites for hydroxylation is 1. The highest BCUT2D eigenvalue weighted by Gasteiger charge is 2.23. The van der Waals surface area contributed by atoms with Crippen LogP contribution in [0, 0.1) is 0 Å². The number of nitrogens with zero attached hydrogens (tertiary/aromatic N) is 8. The van der Waals surface area contributed by atoms with Crippen LogP contribution in [0.25, 0.3) is 5.69 Å². The van der Waals surface area contributed by atoms with Crippen LogP contribution >= 0.6 is 0 Å². The van der Waals surface area contributed by atoms with Gasteiger partial charge in [-0.25, -0.2) is 0 Å². The van der Waals surface area contributed by atoms with Gasteiger partial charge in [-0.05, 0) is 54.4 Å². The smallest absolute Gasteiger partial charge is 0.250 e. The SMILES string of the molecule is O[C@@H]1CCCN(Cc2cc3n(n2)CCCN(c2nnnn2-c2ccccc2)C3)C1. The maximum absolute atomic E-state index is 9.92. The highest BCUT2D eigenvalue weighted by Crippen LogP contribution is 2.22. The zero-order chi connectivity index (χ0) is 19.6. The molecule has 9 heteroatoms. The van der Waals surface area contributed by atoms with Crippen molar-refractivity contribution < 1.29 is 5.11 Å². The van der Waals surface area contributed by atoms with Crippen molar-refractivity contribution in [2.24, 2.45) is 0 Å². The molecule has 29 heavy (non-hydrogen) atoms. The number of β-amino-alcohol motifs (C(OH)–C–C–N with tert-alkyl or cyclic N) is 1. The van der Waals surface area contributed by atoms with Crippen molar-refractivity contribution in [3.05, 3.63) is 47.8 Å². The monoisotopic (exact) mass is 394 g/mol. The Kier molecular flexibility index (Phi) is 4.99. The lowest BCUT2D eigenvalue weighted by molar-refractivity contribution is 0.0661. The van der Waals surface area contributed by atoms with E-state index in [1.165, 1.54) is 5.69 Å². The van der Waals surface area contributed by atoms with Crippen LogP contribution in [0.3, 0.4) is 0 Å².